The van der Waals surface area contributed by atoms with E-state index in [1.54, 1.807) is 13.2 Å². The van der Waals surface area contributed by atoms with Crippen molar-refractivity contribution in [3.8, 4) is 0 Å². The number of hydrogen-bond donors (Lipinski definition) is 1. The van der Waals surface area contributed by atoms with Gasteiger partial charge in [0.2, 0.25) is 0 Å². The molecule has 0 aliphatic carbocycles. The van der Waals surface area contributed by atoms with Crippen molar-refractivity contribution in [3.63, 3.8) is 0 Å². The number of rotatable bonds is 6. The molecule has 1 aromatic rings. The van der Waals surface area contributed by atoms with Crippen LogP contribution >= 0.6 is 11.6 Å². The third-order valence-electron chi connectivity index (χ3n) is 3.60. The predicted octanol–water partition coefficient (Wildman–Crippen LogP) is 3.18. The zero-order valence-electron chi connectivity index (χ0n) is 11.7. The van der Waals surface area contributed by atoms with Crippen molar-refractivity contribution >= 4 is 11.6 Å². The van der Waals surface area contributed by atoms with Crippen LogP contribution in [-0.2, 0) is 9.47 Å². The lowest BCUT2D eigenvalue weighted by Crippen LogP contribution is -2.33. The average Bonchev–Trinajstić information content (AvgIpc) is 2.44. The van der Waals surface area contributed by atoms with Gasteiger partial charge in [-0.25, -0.2) is 4.39 Å². The summed E-state index contributed by atoms with van der Waals surface area (Å²) in [7, 11) is 1.69. The molecule has 0 aromatic heterocycles. The summed E-state index contributed by atoms with van der Waals surface area (Å²) in [6.07, 6.45) is 2.07. The first kappa shape index (κ1) is 15.7. The molecular weight excluding hydrogens is 281 g/mol. The summed E-state index contributed by atoms with van der Waals surface area (Å²) in [4.78, 5) is 0. The zero-order chi connectivity index (χ0) is 14.4. The Morgan fingerprint density at radius 3 is 3.10 bits per heavy atom. The molecule has 1 aliphatic rings. The van der Waals surface area contributed by atoms with E-state index >= 15 is 0 Å². The van der Waals surface area contributed by atoms with Crippen molar-refractivity contribution in [2.45, 2.75) is 18.9 Å². The van der Waals surface area contributed by atoms with Gasteiger partial charge in [0.25, 0.3) is 0 Å². The number of halogens is 2. The molecule has 1 saturated heterocycles. The van der Waals surface area contributed by atoms with E-state index < -0.39 is 0 Å². The van der Waals surface area contributed by atoms with Crippen LogP contribution in [-0.4, -0.2) is 33.4 Å². The Labute approximate surface area is 124 Å². The van der Waals surface area contributed by atoms with Crippen LogP contribution in [0.4, 0.5) is 4.39 Å². The summed E-state index contributed by atoms with van der Waals surface area (Å²) in [5.41, 5.74) is 0.881. The Morgan fingerprint density at radius 2 is 2.35 bits per heavy atom. The molecule has 0 spiro atoms. The van der Waals surface area contributed by atoms with Crippen LogP contribution in [0.3, 0.4) is 0 Å². The zero-order valence-corrected chi connectivity index (χ0v) is 12.5. The molecule has 1 N–H and O–H groups in total. The third kappa shape index (κ3) is 4.16. The molecule has 2 atom stereocenters. The molecule has 0 bridgehead atoms. The summed E-state index contributed by atoms with van der Waals surface area (Å²) >= 11 is 6.15. The molecule has 2 unspecified atom stereocenters. The largest absolute Gasteiger partial charge is 0.383 e. The lowest BCUT2D eigenvalue weighted by Gasteiger charge is -2.32. The molecule has 1 heterocycles. The number of benzene rings is 1. The molecule has 20 heavy (non-hydrogen) atoms. The summed E-state index contributed by atoms with van der Waals surface area (Å²) < 4.78 is 24.0. The number of methoxy groups -OCH3 is 1. The van der Waals surface area contributed by atoms with Gasteiger partial charge in [0.05, 0.1) is 12.7 Å². The second-order valence-corrected chi connectivity index (χ2v) is 5.46. The lowest BCUT2D eigenvalue weighted by molar-refractivity contribution is -0.0279. The van der Waals surface area contributed by atoms with Crippen LogP contribution in [0.15, 0.2) is 18.2 Å². The van der Waals surface area contributed by atoms with Gasteiger partial charge in [-0.15, -0.1) is 0 Å². The van der Waals surface area contributed by atoms with Crippen LogP contribution in [0, 0.1) is 11.7 Å². The van der Waals surface area contributed by atoms with Gasteiger partial charge < -0.3 is 14.8 Å². The highest BCUT2D eigenvalue weighted by Crippen LogP contribution is 2.36. The second kappa shape index (κ2) is 7.93. The Morgan fingerprint density at radius 1 is 1.50 bits per heavy atom. The van der Waals surface area contributed by atoms with E-state index in [4.69, 9.17) is 21.1 Å². The monoisotopic (exact) mass is 301 g/mol. The fourth-order valence-corrected chi connectivity index (χ4v) is 2.86. The molecule has 0 amide bonds. The Bertz CT molecular complexity index is 430. The highest BCUT2D eigenvalue weighted by molar-refractivity contribution is 6.31. The van der Waals surface area contributed by atoms with Gasteiger partial charge in [0.1, 0.15) is 5.82 Å². The standard InChI is InChI=1S/C15H21ClFNO2/c1-19-8-6-18-10-11-3-2-7-20-15(11)13-5-4-12(17)9-14(13)16/h4-5,9,11,15,18H,2-3,6-8,10H2,1H3. The van der Waals surface area contributed by atoms with Gasteiger partial charge in [-0.05, 0) is 30.5 Å². The minimum atomic E-state index is -0.315. The van der Waals surface area contributed by atoms with E-state index in [0.717, 1.165) is 38.1 Å². The summed E-state index contributed by atoms with van der Waals surface area (Å²) in [5, 5.41) is 3.81. The van der Waals surface area contributed by atoms with Crippen molar-refractivity contribution in [3.05, 3.63) is 34.6 Å². The highest BCUT2D eigenvalue weighted by atomic mass is 35.5. The normalized spacial score (nSPS) is 22.9. The fourth-order valence-electron chi connectivity index (χ4n) is 2.59. The van der Waals surface area contributed by atoms with Gasteiger partial charge in [0.15, 0.2) is 0 Å². The molecule has 5 heteroatoms. The van der Waals surface area contributed by atoms with Crippen molar-refractivity contribution in [2.24, 2.45) is 5.92 Å². The van der Waals surface area contributed by atoms with E-state index in [2.05, 4.69) is 5.32 Å². The van der Waals surface area contributed by atoms with E-state index in [1.807, 2.05) is 0 Å². The Hall–Kier alpha value is -0.680. The van der Waals surface area contributed by atoms with Gasteiger partial charge in [0, 0.05) is 37.7 Å². The molecule has 0 saturated carbocycles. The molecular formula is C15H21ClFNO2. The molecule has 112 valence electrons. The smallest absolute Gasteiger partial charge is 0.124 e. The first-order chi connectivity index (χ1) is 9.72. The predicted molar refractivity (Wildman–Crippen MR) is 77.6 cm³/mol. The SMILES string of the molecule is COCCNCC1CCCOC1c1ccc(F)cc1Cl. The Balaban J connectivity index is 2.02. The second-order valence-electron chi connectivity index (χ2n) is 5.06. The first-order valence-corrected chi connectivity index (χ1v) is 7.36. The van der Waals surface area contributed by atoms with Gasteiger partial charge >= 0.3 is 0 Å². The van der Waals surface area contributed by atoms with Crippen molar-refractivity contribution in [1.82, 2.24) is 5.32 Å². The van der Waals surface area contributed by atoms with E-state index in [9.17, 15) is 4.39 Å². The minimum absolute atomic E-state index is 0.0631. The quantitative estimate of drug-likeness (QED) is 0.819. The van der Waals surface area contributed by atoms with Crippen molar-refractivity contribution in [1.29, 1.82) is 0 Å². The Kier molecular flexibility index (Phi) is 6.23. The molecule has 3 nitrogen and oxygen atoms in total. The summed E-state index contributed by atoms with van der Waals surface area (Å²) in [6, 6.07) is 4.52. The van der Waals surface area contributed by atoms with Crippen LogP contribution in [0.5, 0.6) is 0 Å². The molecule has 2 rings (SSSR count). The summed E-state index contributed by atoms with van der Waals surface area (Å²) in [5.74, 6) is 0.0351. The molecule has 0 radical (unpaired) electrons. The van der Waals surface area contributed by atoms with Crippen molar-refractivity contribution in [2.75, 3.05) is 33.4 Å². The van der Waals surface area contributed by atoms with Gasteiger partial charge in [-0.1, -0.05) is 17.7 Å². The van der Waals surface area contributed by atoms with Crippen LogP contribution < -0.4 is 5.32 Å². The molecule has 1 aliphatic heterocycles. The van der Waals surface area contributed by atoms with E-state index in [0.29, 0.717) is 17.5 Å². The minimum Gasteiger partial charge on any atom is -0.383 e. The molecule has 1 aromatic carbocycles. The number of hydrogen-bond acceptors (Lipinski definition) is 3. The van der Waals surface area contributed by atoms with E-state index in [-0.39, 0.29) is 11.9 Å². The average molecular weight is 302 g/mol. The maximum absolute atomic E-state index is 13.1. The summed E-state index contributed by atoms with van der Waals surface area (Å²) in [6.45, 7) is 3.08. The number of nitrogens with one attached hydrogen (secondary N) is 1. The third-order valence-corrected chi connectivity index (χ3v) is 3.93. The van der Waals surface area contributed by atoms with Crippen LogP contribution in [0.2, 0.25) is 5.02 Å². The van der Waals surface area contributed by atoms with Crippen LogP contribution in [0.25, 0.3) is 0 Å². The maximum atomic E-state index is 13.1. The van der Waals surface area contributed by atoms with Gasteiger partial charge in [-0.2, -0.15) is 0 Å². The fraction of sp³-hybridized carbons (Fsp3) is 0.600. The molecule has 1 fully saturated rings. The highest BCUT2D eigenvalue weighted by Gasteiger charge is 2.28. The van der Waals surface area contributed by atoms with Crippen molar-refractivity contribution < 1.29 is 13.9 Å². The first-order valence-electron chi connectivity index (χ1n) is 6.98. The van der Waals surface area contributed by atoms with Gasteiger partial charge in [-0.3, -0.25) is 0 Å². The maximum Gasteiger partial charge on any atom is 0.124 e. The lowest BCUT2D eigenvalue weighted by atomic mass is 9.89. The number of ether oxygens (including phenoxy) is 2. The van der Waals surface area contributed by atoms with E-state index in [1.165, 1.54) is 12.1 Å². The topological polar surface area (TPSA) is 30.5 Å². The van der Waals surface area contributed by atoms with Crippen LogP contribution in [0.1, 0.15) is 24.5 Å².